The van der Waals surface area contributed by atoms with Gasteiger partial charge in [-0.1, -0.05) is 26.3 Å². The molecule has 0 N–H and O–H groups in total. The minimum absolute atomic E-state index is 0.0224. The van der Waals surface area contributed by atoms with Crippen molar-refractivity contribution in [1.29, 1.82) is 0 Å². The number of methoxy groups -OCH3 is 1. The monoisotopic (exact) mass is 360 g/mol. The van der Waals surface area contributed by atoms with Crippen LogP contribution < -0.4 is 0 Å². The zero-order valence-corrected chi connectivity index (χ0v) is 16.5. The third-order valence-corrected chi connectivity index (χ3v) is 8.63. The number of fused-ring (bicyclic) bond motifs is 5. The number of carbonyl (C=O) groups excluding carboxylic acids is 2. The molecule has 0 aromatic rings. The summed E-state index contributed by atoms with van der Waals surface area (Å²) >= 11 is 0. The van der Waals surface area contributed by atoms with E-state index >= 15 is 0 Å². The second-order valence-electron chi connectivity index (χ2n) is 9.71. The molecule has 4 rings (SSSR count). The lowest BCUT2D eigenvalue weighted by atomic mass is 9.45. The lowest BCUT2D eigenvalue weighted by Gasteiger charge is -2.59. The molecule has 4 nitrogen and oxygen atoms in total. The number of hydrogen-bond donors (Lipinski definition) is 0. The average molecular weight is 360 g/mol. The van der Waals surface area contributed by atoms with Gasteiger partial charge in [0.05, 0.1) is 7.11 Å². The van der Waals surface area contributed by atoms with Crippen LogP contribution in [0.3, 0.4) is 0 Å². The maximum Gasteiger partial charge on any atom is 0.508 e. The number of carbonyl (C=O) groups is 2. The van der Waals surface area contributed by atoms with E-state index < -0.39 is 6.16 Å². The minimum atomic E-state index is -0.543. The fraction of sp³-hybridized carbons (Fsp3) is 0.818. The maximum absolute atomic E-state index is 12.0. The lowest BCUT2D eigenvalue weighted by molar-refractivity contribution is -0.120. The molecule has 26 heavy (non-hydrogen) atoms. The molecule has 0 saturated heterocycles. The largest absolute Gasteiger partial charge is 0.508 e. The van der Waals surface area contributed by atoms with E-state index in [0.29, 0.717) is 35.9 Å². The third kappa shape index (κ3) is 2.47. The lowest BCUT2D eigenvalue weighted by Crippen LogP contribution is -2.54. The Morgan fingerprint density at radius 3 is 2.65 bits per heavy atom. The van der Waals surface area contributed by atoms with Gasteiger partial charge in [-0.15, -0.1) is 0 Å². The van der Waals surface area contributed by atoms with Crippen LogP contribution in [0.5, 0.6) is 0 Å². The number of hydrogen-bond acceptors (Lipinski definition) is 4. The van der Waals surface area contributed by atoms with Gasteiger partial charge < -0.3 is 9.47 Å². The van der Waals surface area contributed by atoms with E-state index in [1.165, 1.54) is 19.1 Å². The van der Waals surface area contributed by atoms with Crippen LogP contribution in [-0.4, -0.2) is 25.2 Å². The smallest absolute Gasteiger partial charge is 0.438 e. The average Bonchev–Trinajstić information content (AvgIpc) is 2.93. The Hall–Kier alpha value is -1.32. The number of ketones is 1. The van der Waals surface area contributed by atoms with Crippen molar-refractivity contribution in [2.75, 3.05) is 7.11 Å². The van der Waals surface area contributed by atoms with E-state index in [0.717, 1.165) is 32.1 Å². The first-order valence-electron chi connectivity index (χ1n) is 10.3. The van der Waals surface area contributed by atoms with E-state index in [9.17, 15) is 9.59 Å². The molecule has 0 radical (unpaired) electrons. The Kier molecular flexibility index (Phi) is 4.24. The molecule has 0 aromatic carbocycles. The summed E-state index contributed by atoms with van der Waals surface area (Å²) < 4.78 is 10.4. The van der Waals surface area contributed by atoms with Crippen molar-refractivity contribution in [3.63, 3.8) is 0 Å². The number of allylic oxidation sites excluding steroid dienone is 1. The molecule has 3 fully saturated rings. The molecule has 0 spiro atoms. The fourth-order valence-electron chi connectivity index (χ4n) is 7.21. The van der Waals surface area contributed by atoms with Crippen LogP contribution in [0.15, 0.2) is 11.6 Å². The molecule has 4 heteroatoms. The number of ether oxygens (including phenoxy) is 2. The summed E-state index contributed by atoms with van der Waals surface area (Å²) in [6, 6.07) is 0. The first kappa shape index (κ1) is 18.1. The van der Waals surface area contributed by atoms with Gasteiger partial charge in [0.2, 0.25) is 0 Å². The van der Waals surface area contributed by atoms with Crippen molar-refractivity contribution in [3.05, 3.63) is 11.6 Å². The summed E-state index contributed by atoms with van der Waals surface area (Å²) in [4.78, 5) is 23.7. The van der Waals surface area contributed by atoms with Crippen LogP contribution in [-0.2, 0) is 14.3 Å². The van der Waals surface area contributed by atoms with Crippen molar-refractivity contribution in [2.45, 2.75) is 71.8 Å². The van der Waals surface area contributed by atoms with Gasteiger partial charge in [-0.05, 0) is 73.7 Å². The van der Waals surface area contributed by atoms with Gasteiger partial charge >= 0.3 is 6.16 Å². The molecule has 0 aliphatic heterocycles. The highest BCUT2D eigenvalue weighted by Crippen LogP contribution is 2.66. The molecule has 4 aliphatic carbocycles. The van der Waals surface area contributed by atoms with Crippen molar-refractivity contribution in [1.82, 2.24) is 0 Å². The van der Waals surface area contributed by atoms with Gasteiger partial charge in [0.15, 0.2) is 5.78 Å². The normalized spacial score (nSPS) is 47.3. The second-order valence-corrected chi connectivity index (χ2v) is 9.71. The molecule has 7 atom stereocenters. The summed E-state index contributed by atoms with van der Waals surface area (Å²) in [6.45, 7) is 7.12. The first-order chi connectivity index (χ1) is 12.3. The summed E-state index contributed by atoms with van der Waals surface area (Å²) in [6.07, 6.45) is 8.53. The highest BCUT2D eigenvalue weighted by molar-refractivity contribution is 5.91. The van der Waals surface area contributed by atoms with Gasteiger partial charge in [0.25, 0.3) is 0 Å². The Morgan fingerprint density at radius 1 is 1.15 bits per heavy atom. The zero-order chi connectivity index (χ0) is 18.7. The third-order valence-electron chi connectivity index (χ3n) is 8.63. The van der Waals surface area contributed by atoms with Crippen LogP contribution in [0.1, 0.15) is 65.7 Å². The Morgan fingerprint density at radius 2 is 1.92 bits per heavy atom. The first-order valence-corrected chi connectivity index (χ1v) is 10.3. The summed E-state index contributed by atoms with van der Waals surface area (Å²) in [5, 5.41) is 0. The van der Waals surface area contributed by atoms with Crippen molar-refractivity contribution < 1.29 is 19.1 Å². The molecular weight excluding hydrogens is 328 g/mol. The van der Waals surface area contributed by atoms with E-state index in [1.54, 1.807) is 0 Å². The molecule has 0 aromatic heterocycles. The molecule has 7 unspecified atom stereocenters. The maximum atomic E-state index is 12.0. The van der Waals surface area contributed by atoms with Gasteiger partial charge in [-0.3, -0.25) is 4.79 Å². The Bertz CT molecular complexity index is 653. The van der Waals surface area contributed by atoms with Crippen molar-refractivity contribution >= 4 is 11.9 Å². The van der Waals surface area contributed by atoms with Gasteiger partial charge in [0.1, 0.15) is 6.10 Å². The molecular formula is C22H32O4. The van der Waals surface area contributed by atoms with Gasteiger partial charge in [-0.2, -0.15) is 0 Å². The van der Waals surface area contributed by atoms with E-state index in [4.69, 9.17) is 9.47 Å². The summed E-state index contributed by atoms with van der Waals surface area (Å²) in [5.74, 6) is 2.82. The van der Waals surface area contributed by atoms with Crippen LogP contribution >= 0.6 is 0 Å². The van der Waals surface area contributed by atoms with Crippen LogP contribution in [0.2, 0.25) is 0 Å². The quantitative estimate of drug-likeness (QED) is 0.623. The second kappa shape index (κ2) is 6.10. The fourth-order valence-corrected chi connectivity index (χ4v) is 7.21. The summed E-state index contributed by atoms with van der Waals surface area (Å²) in [7, 11) is 1.39. The predicted molar refractivity (Wildman–Crippen MR) is 98.5 cm³/mol. The van der Waals surface area contributed by atoms with Crippen molar-refractivity contribution in [2.24, 2.45) is 34.5 Å². The standard InChI is InChI=1S/C22H32O4/c1-13-11-14-12-15(23)7-9-21(14,2)17-8-10-22(3)16(19(13)17)5-6-18(22)26-20(24)25-4/h12-13,16-19H,5-11H2,1-4H3. The van der Waals surface area contributed by atoms with Gasteiger partial charge in [-0.25, -0.2) is 4.79 Å². The van der Waals surface area contributed by atoms with Gasteiger partial charge in [0, 0.05) is 11.8 Å². The Balaban J connectivity index is 1.64. The number of rotatable bonds is 1. The molecule has 3 saturated carbocycles. The summed E-state index contributed by atoms with van der Waals surface area (Å²) in [5.41, 5.74) is 1.66. The van der Waals surface area contributed by atoms with Crippen molar-refractivity contribution in [3.8, 4) is 0 Å². The molecule has 144 valence electrons. The minimum Gasteiger partial charge on any atom is -0.438 e. The molecule has 0 bridgehead atoms. The van der Waals surface area contributed by atoms with E-state index in [-0.39, 0.29) is 16.9 Å². The van der Waals surface area contributed by atoms with E-state index in [2.05, 4.69) is 20.8 Å². The molecule has 4 aliphatic rings. The van der Waals surface area contributed by atoms with E-state index in [1.807, 2.05) is 6.08 Å². The van der Waals surface area contributed by atoms with Crippen LogP contribution in [0.4, 0.5) is 4.79 Å². The highest BCUT2D eigenvalue weighted by atomic mass is 16.7. The molecule has 0 heterocycles. The zero-order valence-electron chi connectivity index (χ0n) is 16.5. The molecule has 0 amide bonds. The topological polar surface area (TPSA) is 52.6 Å². The van der Waals surface area contributed by atoms with Crippen LogP contribution in [0, 0.1) is 34.5 Å². The predicted octanol–water partition coefficient (Wildman–Crippen LogP) is 4.92. The highest BCUT2D eigenvalue weighted by Gasteiger charge is 2.61. The van der Waals surface area contributed by atoms with Crippen LogP contribution in [0.25, 0.3) is 0 Å². The Labute approximate surface area is 156 Å². The SMILES string of the molecule is COC(=O)OC1CCC2C3C(C)CC4=CC(=O)CCC4(C)C3CCC12C.